The average Bonchev–Trinajstić information content (AvgIpc) is 3.36. The normalized spacial score (nSPS) is 13.1. The Bertz CT molecular complexity index is 2480. The van der Waals surface area contributed by atoms with Crippen molar-refractivity contribution in [1.82, 2.24) is 15.0 Å². The summed E-state index contributed by atoms with van der Waals surface area (Å²) in [5, 5.41) is 4.92. The lowest BCUT2D eigenvalue weighted by Gasteiger charge is -2.22. The monoisotopic (exact) mass is 601 g/mol. The van der Waals surface area contributed by atoms with Crippen LogP contribution < -0.4 is 0 Å². The highest BCUT2D eigenvalue weighted by Crippen LogP contribution is 2.50. The van der Waals surface area contributed by atoms with Crippen molar-refractivity contribution in [2.75, 3.05) is 0 Å². The highest BCUT2D eigenvalue weighted by Gasteiger charge is 2.35. The van der Waals surface area contributed by atoms with Gasteiger partial charge in [0.2, 0.25) is 0 Å². The van der Waals surface area contributed by atoms with Gasteiger partial charge in [0.1, 0.15) is 0 Å². The van der Waals surface area contributed by atoms with Crippen LogP contribution in [0.25, 0.3) is 77.8 Å². The Balaban J connectivity index is 1.27. The minimum Gasteiger partial charge on any atom is -0.256 e. The Morgan fingerprint density at radius 3 is 1.89 bits per heavy atom. The molecule has 3 nitrogen and oxygen atoms in total. The van der Waals surface area contributed by atoms with E-state index in [1.807, 2.05) is 42.6 Å². The first kappa shape index (κ1) is 27.4. The molecule has 1 aliphatic carbocycles. The lowest BCUT2D eigenvalue weighted by molar-refractivity contribution is 0.661. The molecular weight excluding hydrogens is 571 g/mol. The second kappa shape index (κ2) is 10.6. The molecule has 0 amide bonds. The number of rotatable bonds is 4. The van der Waals surface area contributed by atoms with Gasteiger partial charge in [-0.05, 0) is 74.1 Å². The van der Waals surface area contributed by atoms with Gasteiger partial charge in [0.05, 0.1) is 17.1 Å². The summed E-state index contributed by atoms with van der Waals surface area (Å²) in [6.07, 6.45) is 1.84. The fourth-order valence-electron chi connectivity index (χ4n) is 7.40. The standard InChI is InChI=1S/C44H31N3/c1-44(2)38-20-9-8-15-32(38)37-25-29-22-23-31-30(36(29)26-39(37)44)18-12-19-33(31)41-27-42(47-43(46-41)28-13-4-3-5-14-28)35-17-7-6-16-34(35)40-21-10-11-24-45-40/h3-27H,1-2H3. The van der Waals surface area contributed by atoms with Gasteiger partial charge in [0.25, 0.3) is 0 Å². The second-order valence-corrected chi connectivity index (χ2v) is 12.8. The number of hydrogen-bond acceptors (Lipinski definition) is 3. The fourth-order valence-corrected chi connectivity index (χ4v) is 7.40. The SMILES string of the molecule is CC1(C)c2ccccc2-c2cc3ccc4c(-c5cc(-c6ccccc6-c6ccccn6)nc(-c6ccccc6)n5)cccc4c3cc21. The van der Waals surface area contributed by atoms with Crippen molar-refractivity contribution in [3.05, 3.63) is 163 Å². The lowest BCUT2D eigenvalue weighted by Crippen LogP contribution is -2.14. The first-order valence-corrected chi connectivity index (χ1v) is 16.1. The summed E-state index contributed by atoms with van der Waals surface area (Å²) in [5.74, 6) is 0.698. The summed E-state index contributed by atoms with van der Waals surface area (Å²) < 4.78 is 0. The van der Waals surface area contributed by atoms with Crippen LogP contribution in [-0.2, 0) is 5.41 Å². The molecule has 8 aromatic rings. The van der Waals surface area contributed by atoms with E-state index in [-0.39, 0.29) is 5.41 Å². The van der Waals surface area contributed by atoms with Crippen LogP contribution in [0.4, 0.5) is 0 Å². The Kier molecular flexibility index (Phi) is 6.16. The average molecular weight is 602 g/mol. The van der Waals surface area contributed by atoms with Crippen LogP contribution >= 0.6 is 0 Å². The maximum atomic E-state index is 5.21. The molecule has 2 heterocycles. The molecule has 3 heteroatoms. The van der Waals surface area contributed by atoms with E-state index in [0.717, 1.165) is 39.3 Å². The molecule has 0 unspecified atom stereocenters. The quantitative estimate of drug-likeness (QED) is 0.188. The van der Waals surface area contributed by atoms with Crippen LogP contribution in [-0.4, -0.2) is 15.0 Å². The third-order valence-electron chi connectivity index (χ3n) is 9.76. The van der Waals surface area contributed by atoms with E-state index in [0.29, 0.717) is 5.82 Å². The van der Waals surface area contributed by atoms with Gasteiger partial charge in [-0.2, -0.15) is 0 Å². The first-order chi connectivity index (χ1) is 23.1. The molecule has 47 heavy (non-hydrogen) atoms. The smallest absolute Gasteiger partial charge is 0.160 e. The van der Waals surface area contributed by atoms with E-state index in [2.05, 4.69) is 128 Å². The van der Waals surface area contributed by atoms with Gasteiger partial charge >= 0.3 is 0 Å². The summed E-state index contributed by atoms with van der Waals surface area (Å²) in [6, 6.07) is 51.5. The predicted octanol–water partition coefficient (Wildman–Crippen LogP) is 11.2. The van der Waals surface area contributed by atoms with Crippen molar-refractivity contribution in [3.8, 4) is 56.3 Å². The number of hydrogen-bond donors (Lipinski definition) is 0. The van der Waals surface area contributed by atoms with Gasteiger partial charge in [0, 0.05) is 33.9 Å². The van der Waals surface area contributed by atoms with Crippen LogP contribution in [0.1, 0.15) is 25.0 Å². The Labute approximate surface area is 274 Å². The zero-order chi connectivity index (χ0) is 31.5. The van der Waals surface area contributed by atoms with Crippen molar-refractivity contribution in [2.45, 2.75) is 19.3 Å². The molecule has 0 fully saturated rings. The third kappa shape index (κ3) is 4.39. The van der Waals surface area contributed by atoms with Crippen molar-refractivity contribution in [3.63, 3.8) is 0 Å². The molecule has 0 bridgehead atoms. The van der Waals surface area contributed by atoms with Crippen LogP contribution in [0.15, 0.2) is 152 Å². The van der Waals surface area contributed by atoms with Gasteiger partial charge in [-0.15, -0.1) is 0 Å². The number of aromatic nitrogens is 3. The highest BCUT2D eigenvalue weighted by molar-refractivity contribution is 6.13. The molecule has 0 saturated carbocycles. The van der Waals surface area contributed by atoms with E-state index in [9.17, 15) is 0 Å². The summed E-state index contributed by atoms with van der Waals surface area (Å²) in [5.41, 5.74) is 12.2. The van der Waals surface area contributed by atoms with Crippen molar-refractivity contribution in [2.24, 2.45) is 0 Å². The number of nitrogens with zero attached hydrogens (tertiary/aromatic N) is 3. The lowest BCUT2D eigenvalue weighted by atomic mass is 9.81. The molecule has 6 aromatic carbocycles. The first-order valence-electron chi connectivity index (χ1n) is 16.1. The molecular formula is C44H31N3. The van der Waals surface area contributed by atoms with Crippen LogP contribution in [0, 0.1) is 0 Å². The molecule has 0 atom stereocenters. The molecule has 0 radical (unpaired) electrons. The van der Waals surface area contributed by atoms with Crippen molar-refractivity contribution < 1.29 is 0 Å². The molecule has 0 spiro atoms. The van der Waals surface area contributed by atoms with Crippen LogP contribution in [0.3, 0.4) is 0 Å². The van der Waals surface area contributed by atoms with Gasteiger partial charge in [-0.25, -0.2) is 9.97 Å². The van der Waals surface area contributed by atoms with Crippen LogP contribution in [0.2, 0.25) is 0 Å². The minimum atomic E-state index is -0.0625. The Hall–Kier alpha value is -5.93. The van der Waals surface area contributed by atoms with Crippen LogP contribution in [0.5, 0.6) is 0 Å². The number of fused-ring (bicyclic) bond motifs is 6. The molecule has 0 N–H and O–H groups in total. The third-order valence-corrected chi connectivity index (χ3v) is 9.76. The van der Waals surface area contributed by atoms with Crippen molar-refractivity contribution >= 4 is 21.5 Å². The zero-order valence-electron chi connectivity index (χ0n) is 26.3. The predicted molar refractivity (Wildman–Crippen MR) is 194 cm³/mol. The van der Waals surface area contributed by atoms with E-state index >= 15 is 0 Å². The molecule has 222 valence electrons. The Morgan fingerprint density at radius 1 is 0.426 bits per heavy atom. The summed E-state index contributed by atoms with van der Waals surface area (Å²) in [6.45, 7) is 4.69. The molecule has 0 aliphatic heterocycles. The molecule has 1 aliphatic rings. The maximum absolute atomic E-state index is 5.21. The van der Waals surface area contributed by atoms with E-state index in [1.165, 1.54) is 43.8 Å². The zero-order valence-corrected chi connectivity index (χ0v) is 26.3. The summed E-state index contributed by atoms with van der Waals surface area (Å²) in [4.78, 5) is 15.0. The summed E-state index contributed by atoms with van der Waals surface area (Å²) >= 11 is 0. The number of pyridine rings is 1. The topological polar surface area (TPSA) is 38.7 Å². The summed E-state index contributed by atoms with van der Waals surface area (Å²) in [7, 11) is 0. The highest BCUT2D eigenvalue weighted by atomic mass is 14.9. The second-order valence-electron chi connectivity index (χ2n) is 12.8. The molecule has 9 rings (SSSR count). The van der Waals surface area contributed by atoms with E-state index in [1.54, 1.807) is 0 Å². The molecule has 0 saturated heterocycles. The Morgan fingerprint density at radius 2 is 1.11 bits per heavy atom. The van der Waals surface area contributed by atoms with Gasteiger partial charge in [0.15, 0.2) is 5.82 Å². The number of benzene rings is 6. The van der Waals surface area contributed by atoms with E-state index in [4.69, 9.17) is 9.97 Å². The van der Waals surface area contributed by atoms with Gasteiger partial charge in [-0.3, -0.25) is 4.98 Å². The maximum Gasteiger partial charge on any atom is 0.160 e. The van der Waals surface area contributed by atoms with Crippen molar-refractivity contribution in [1.29, 1.82) is 0 Å². The fraction of sp³-hybridized carbons (Fsp3) is 0.0682. The molecule has 2 aromatic heterocycles. The largest absolute Gasteiger partial charge is 0.256 e. The van der Waals surface area contributed by atoms with Gasteiger partial charge in [-0.1, -0.05) is 129 Å². The van der Waals surface area contributed by atoms with Gasteiger partial charge < -0.3 is 0 Å². The van der Waals surface area contributed by atoms with E-state index < -0.39 is 0 Å². The minimum absolute atomic E-state index is 0.0625.